The molecule has 2 rings (SSSR count). The molecule has 0 bridgehead atoms. The number of carboxylic acids is 1. The minimum Gasteiger partial charge on any atom is -0.478 e. The van der Waals surface area contributed by atoms with Crippen LogP contribution in [-0.2, 0) is 6.54 Å². The summed E-state index contributed by atoms with van der Waals surface area (Å²) in [4.78, 5) is 24.9. The van der Waals surface area contributed by atoms with Crippen molar-refractivity contribution in [3.8, 4) is 0 Å². The number of aromatic nitrogens is 3. The van der Waals surface area contributed by atoms with E-state index < -0.39 is 5.97 Å². The van der Waals surface area contributed by atoms with Crippen LogP contribution >= 0.6 is 11.3 Å². The van der Waals surface area contributed by atoms with Crippen LogP contribution in [0.3, 0.4) is 0 Å². The molecule has 0 fully saturated rings. The molecule has 7 heteroatoms. The third-order valence-electron chi connectivity index (χ3n) is 2.29. The first-order valence-electron chi connectivity index (χ1n) is 5.24. The van der Waals surface area contributed by atoms with E-state index in [0.717, 1.165) is 10.7 Å². The molecule has 0 aliphatic rings. The Morgan fingerprint density at radius 1 is 1.44 bits per heavy atom. The molecule has 0 radical (unpaired) electrons. The second-order valence-corrected chi connectivity index (χ2v) is 4.85. The second-order valence-electron chi connectivity index (χ2n) is 3.79. The van der Waals surface area contributed by atoms with Crippen LogP contribution in [0.25, 0.3) is 0 Å². The molecule has 0 unspecified atom stereocenters. The van der Waals surface area contributed by atoms with E-state index in [-0.39, 0.29) is 5.56 Å². The van der Waals surface area contributed by atoms with Crippen LogP contribution in [0.2, 0.25) is 0 Å². The van der Waals surface area contributed by atoms with Gasteiger partial charge in [-0.2, -0.15) is 0 Å². The van der Waals surface area contributed by atoms with Gasteiger partial charge < -0.3 is 10.0 Å². The Morgan fingerprint density at radius 2 is 2.11 bits per heavy atom. The summed E-state index contributed by atoms with van der Waals surface area (Å²) in [5.74, 6) is -0.551. The Hall–Kier alpha value is -2.02. The maximum atomic E-state index is 10.7. The number of rotatable bonds is 4. The summed E-state index contributed by atoms with van der Waals surface area (Å²) < 4.78 is 0. The van der Waals surface area contributed by atoms with Gasteiger partial charge in [-0.05, 0) is 6.92 Å². The van der Waals surface area contributed by atoms with Crippen LogP contribution in [-0.4, -0.2) is 33.1 Å². The van der Waals surface area contributed by atoms with E-state index in [4.69, 9.17) is 5.11 Å². The van der Waals surface area contributed by atoms with Crippen LogP contribution in [0.15, 0.2) is 17.8 Å². The molecular formula is C11H12N4O2S. The highest BCUT2D eigenvalue weighted by molar-refractivity contribution is 7.09. The van der Waals surface area contributed by atoms with E-state index in [1.807, 2.05) is 24.3 Å². The topological polar surface area (TPSA) is 79.2 Å². The molecule has 2 aromatic heterocycles. The Kier molecular flexibility index (Phi) is 3.52. The SMILES string of the molecule is Cc1nc(CN(C)c2ncc(C(=O)O)cn2)cs1. The van der Waals surface area contributed by atoms with Gasteiger partial charge in [-0.3, -0.25) is 0 Å². The smallest absolute Gasteiger partial charge is 0.338 e. The highest BCUT2D eigenvalue weighted by Gasteiger charge is 2.09. The third-order valence-corrected chi connectivity index (χ3v) is 3.11. The minimum absolute atomic E-state index is 0.0802. The predicted molar refractivity (Wildman–Crippen MR) is 67.9 cm³/mol. The van der Waals surface area contributed by atoms with E-state index >= 15 is 0 Å². The number of thiazole rings is 1. The van der Waals surface area contributed by atoms with Gasteiger partial charge in [0.1, 0.15) is 0 Å². The lowest BCUT2D eigenvalue weighted by atomic mass is 10.3. The van der Waals surface area contributed by atoms with Crippen LogP contribution in [0, 0.1) is 6.92 Å². The molecule has 0 spiro atoms. The molecule has 0 atom stereocenters. The number of hydrogen-bond donors (Lipinski definition) is 1. The van der Waals surface area contributed by atoms with Gasteiger partial charge in [0.2, 0.25) is 5.95 Å². The molecule has 18 heavy (non-hydrogen) atoms. The molecule has 0 amide bonds. The number of carboxylic acid groups (broad SMARTS) is 1. The van der Waals surface area contributed by atoms with Crippen LogP contribution in [0.1, 0.15) is 21.1 Å². The Balaban J connectivity index is 2.09. The van der Waals surface area contributed by atoms with Crippen molar-refractivity contribution in [2.75, 3.05) is 11.9 Å². The summed E-state index contributed by atoms with van der Waals surface area (Å²) in [6.07, 6.45) is 2.60. The van der Waals surface area contributed by atoms with Gasteiger partial charge in [-0.25, -0.2) is 19.7 Å². The zero-order chi connectivity index (χ0) is 13.1. The summed E-state index contributed by atoms with van der Waals surface area (Å²) in [6, 6.07) is 0. The maximum absolute atomic E-state index is 10.7. The van der Waals surface area contributed by atoms with E-state index in [1.165, 1.54) is 12.4 Å². The van der Waals surface area contributed by atoms with Crippen molar-refractivity contribution >= 4 is 23.3 Å². The fraction of sp³-hybridized carbons (Fsp3) is 0.273. The van der Waals surface area contributed by atoms with Gasteiger partial charge >= 0.3 is 5.97 Å². The Labute approximate surface area is 108 Å². The average molecular weight is 264 g/mol. The van der Waals surface area contributed by atoms with Crippen molar-refractivity contribution in [2.24, 2.45) is 0 Å². The number of carbonyl (C=O) groups is 1. The first-order chi connectivity index (χ1) is 8.56. The van der Waals surface area contributed by atoms with Gasteiger partial charge in [-0.15, -0.1) is 11.3 Å². The minimum atomic E-state index is -1.03. The fourth-order valence-corrected chi connectivity index (χ4v) is 2.03. The number of aryl methyl sites for hydroxylation is 1. The zero-order valence-corrected chi connectivity index (χ0v) is 10.8. The van der Waals surface area contributed by atoms with E-state index in [9.17, 15) is 4.79 Å². The van der Waals surface area contributed by atoms with Crippen molar-refractivity contribution in [3.63, 3.8) is 0 Å². The molecule has 2 aromatic rings. The Morgan fingerprint density at radius 3 is 2.61 bits per heavy atom. The van der Waals surface area contributed by atoms with E-state index in [0.29, 0.717) is 12.5 Å². The Bertz CT molecular complexity index is 552. The maximum Gasteiger partial charge on any atom is 0.338 e. The molecule has 0 saturated heterocycles. The van der Waals surface area contributed by atoms with Gasteiger partial charge in [-0.1, -0.05) is 0 Å². The average Bonchev–Trinajstić information content (AvgIpc) is 2.75. The van der Waals surface area contributed by atoms with Crippen molar-refractivity contribution in [3.05, 3.63) is 34.0 Å². The van der Waals surface area contributed by atoms with Crippen molar-refractivity contribution in [1.82, 2.24) is 15.0 Å². The van der Waals surface area contributed by atoms with Crippen molar-refractivity contribution in [1.29, 1.82) is 0 Å². The second kappa shape index (κ2) is 5.09. The summed E-state index contributed by atoms with van der Waals surface area (Å²) in [7, 11) is 1.84. The van der Waals surface area contributed by atoms with E-state index in [2.05, 4.69) is 15.0 Å². The zero-order valence-electron chi connectivity index (χ0n) is 9.99. The van der Waals surface area contributed by atoms with Gasteiger partial charge in [0.05, 0.1) is 22.8 Å². The fourth-order valence-electron chi connectivity index (χ4n) is 1.42. The van der Waals surface area contributed by atoms with Gasteiger partial charge in [0.15, 0.2) is 0 Å². The summed E-state index contributed by atoms with van der Waals surface area (Å²) in [5, 5.41) is 11.7. The standard InChI is InChI=1S/C11H12N4O2S/c1-7-14-9(6-18-7)5-15(2)11-12-3-8(4-13-11)10(16)17/h3-4,6H,5H2,1-2H3,(H,16,17). The van der Waals surface area contributed by atoms with Crippen molar-refractivity contribution in [2.45, 2.75) is 13.5 Å². The normalized spacial score (nSPS) is 10.3. The highest BCUT2D eigenvalue weighted by atomic mass is 32.1. The van der Waals surface area contributed by atoms with Crippen molar-refractivity contribution < 1.29 is 9.90 Å². The predicted octanol–water partition coefficient (Wildman–Crippen LogP) is 1.58. The number of hydrogen-bond acceptors (Lipinski definition) is 6. The molecule has 1 N–H and O–H groups in total. The molecule has 0 aromatic carbocycles. The lowest BCUT2D eigenvalue weighted by Gasteiger charge is -2.15. The van der Waals surface area contributed by atoms with Crippen LogP contribution in [0.5, 0.6) is 0 Å². The van der Waals surface area contributed by atoms with Gasteiger partial charge in [0.25, 0.3) is 0 Å². The molecule has 2 heterocycles. The molecular weight excluding hydrogens is 252 g/mol. The number of aromatic carboxylic acids is 1. The largest absolute Gasteiger partial charge is 0.478 e. The highest BCUT2D eigenvalue weighted by Crippen LogP contribution is 2.13. The monoisotopic (exact) mass is 264 g/mol. The lowest BCUT2D eigenvalue weighted by Crippen LogP contribution is -2.19. The first kappa shape index (κ1) is 12.4. The summed E-state index contributed by atoms with van der Waals surface area (Å²) in [6.45, 7) is 2.54. The number of anilines is 1. The quantitative estimate of drug-likeness (QED) is 0.903. The molecule has 0 aliphatic carbocycles. The lowest BCUT2D eigenvalue weighted by molar-refractivity contribution is 0.0696. The van der Waals surface area contributed by atoms with Crippen LogP contribution in [0.4, 0.5) is 5.95 Å². The third kappa shape index (κ3) is 2.80. The first-order valence-corrected chi connectivity index (χ1v) is 6.11. The summed E-state index contributed by atoms with van der Waals surface area (Å²) >= 11 is 1.59. The van der Waals surface area contributed by atoms with Gasteiger partial charge in [0, 0.05) is 24.8 Å². The molecule has 6 nitrogen and oxygen atoms in total. The molecule has 94 valence electrons. The molecule has 0 saturated carbocycles. The van der Waals surface area contributed by atoms with E-state index in [1.54, 1.807) is 11.3 Å². The number of nitrogens with zero attached hydrogens (tertiary/aromatic N) is 4. The van der Waals surface area contributed by atoms with Crippen LogP contribution < -0.4 is 4.90 Å². The molecule has 0 aliphatic heterocycles. The summed E-state index contributed by atoms with van der Waals surface area (Å²) in [5.41, 5.74) is 1.03.